The summed E-state index contributed by atoms with van der Waals surface area (Å²) in [7, 11) is 0. The molecule has 0 spiro atoms. The molecule has 4 nitrogen and oxygen atoms in total. The fourth-order valence-corrected chi connectivity index (χ4v) is 2.00. The van der Waals surface area contributed by atoms with Crippen LogP contribution in [-0.2, 0) is 13.0 Å². The van der Waals surface area contributed by atoms with E-state index in [-0.39, 0.29) is 0 Å². The Morgan fingerprint density at radius 3 is 3.06 bits per heavy atom. The lowest BCUT2D eigenvalue weighted by Crippen LogP contribution is -2.04. The number of pyridine rings is 1. The molecule has 2 heterocycles. The number of fused-ring (bicyclic) bond motifs is 1. The summed E-state index contributed by atoms with van der Waals surface area (Å²) < 4.78 is 2.01. The molecule has 0 aliphatic heterocycles. The van der Waals surface area contributed by atoms with E-state index in [9.17, 15) is 0 Å². The molecule has 0 saturated heterocycles. The van der Waals surface area contributed by atoms with Gasteiger partial charge in [-0.05, 0) is 12.5 Å². The van der Waals surface area contributed by atoms with Crippen molar-refractivity contribution in [3.05, 3.63) is 23.1 Å². The quantitative estimate of drug-likeness (QED) is 0.836. The van der Waals surface area contributed by atoms with Gasteiger partial charge in [0.05, 0.1) is 17.5 Å². The van der Waals surface area contributed by atoms with Gasteiger partial charge in [0.2, 0.25) is 0 Å². The first kappa shape index (κ1) is 11.9. The van der Waals surface area contributed by atoms with Gasteiger partial charge in [-0.3, -0.25) is 0 Å². The minimum absolute atomic E-state index is 0.465. The van der Waals surface area contributed by atoms with Crippen LogP contribution in [-0.4, -0.2) is 14.5 Å². The molecule has 2 aromatic heterocycles. The Morgan fingerprint density at radius 1 is 1.53 bits per heavy atom. The fourth-order valence-electron chi connectivity index (χ4n) is 1.84. The van der Waals surface area contributed by atoms with Gasteiger partial charge in [0.1, 0.15) is 11.3 Å². The zero-order valence-corrected chi connectivity index (χ0v) is 10.4. The number of nitrogens with zero attached hydrogens (tertiary/aromatic N) is 4. The van der Waals surface area contributed by atoms with Crippen molar-refractivity contribution in [3.8, 4) is 6.07 Å². The molecular weight excluding hydrogens is 236 g/mol. The summed E-state index contributed by atoms with van der Waals surface area (Å²) in [6.45, 7) is 2.74. The van der Waals surface area contributed by atoms with Gasteiger partial charge in [-0.25, -0.2) is 9.97 Å². The number of halogens is 1. The van der Waals surface area contributed by atoms with E-state index in [2.05, 4.69) is 23.0 Å². The van der Waals surface area contributed by atoms with Crippen LogP contribution in [0.4, 0.5) is 0 Å². The Bertz CT molecular complexity index is 568. The number of imidazole rings is 1. The Kier molecular flexibility index (Phi) is 3.60. The van der Waals surface area contributed by atoms with Gasteiger partial charge in [0.15, 0.2) is 5.65 Å². The predicted molar refractivity (Wildman–Crippen MR) is 66.8 cm³/mol. The second-order valence-electron chi connectivity index (χ2n) is 3.83. The van der Waals surface area contributed by atoms with Crippen molar-refractivity contribution in [2.75, 3.05) is 0 Å². The van der Waals surface area contributed by atoms with E-state index in [0.717, 1.165) is 29.8 Å². The topological polar surface area (TPSA) is 54.5 Å². The summed E-state index contributed by atoms with van der Waals surface area (Å²) in [5, 5.41) is 9.27. The molecule has 0 fully saturated rings. The van der Waals surface area contributed by atoms with Gasteiger partial charge in [-0.2, -0.15) is 5.26 Å². The number of hydrogen-bond donors (Lipinski definition) is 0. The highest BCUT2D eigenvalue weighted by atomic mass is 35.5. The maximum Gasteiger partial charge on any atom is 0.160 e. The standard InChI is InChI=1S/C12H13ClN4/c1-2-4-11-16-10-7-9(13)8-15-12(10)17(11)6-3-5-14/h7-8H,2-4,6H2,1H3. The molecule has 0 atom stereocenters. The van der Waals surface area contributed by atoms with Crippen molar-refractivity contribution in [1.29, 1.82) is 5.26 Å². The first-order valence-electron chi connectivity index (χ1n) is 5.64. The van der Waals surface area contributed by atoms with Crippen LogP contribution < -0.4 is 0 Å². The van der Waals surface area contributed by atoms with Crippen LogP contribution >= 0.6 is 11.6 Å². The summed E-state index contributed by atoms with van der Waals surface area (Å²) >= 11 is 5.90. The third kappa shape index (κ3) is 2.40. The Morgan fingerprint density at radius 2 is 2.35 bits per heavy atom. The lowest BCUT2D eigenvalue weighted by Gasteiger charge is -2.04. The molecule has 0 saturated carbocycles. The molecule has 0 radical (unpaired) electrons. The molecule has 0 aliphatic carbocycles. The summed E-state index contributed by atoms with van der Waals surface area (Å²) in [6, 6.07) is 3.96. The molecule has 0 amide bonds. The van der Waals surface area contributed by atoms with Crippen molar-refractivity contribution >= 4 is 22.8 Å². The molecule has 2 aromatic rings. The third-order valence-electron chi connectivity index (χ3n) is 2.55. The predicted octanol–water partition coefficient (Wildman–Crippen LogP) is 2.95. The molecular formula is C12H13ClN4. The van der Waals surface area contributed by atoms with E-state index < -0.39 is 0 Å². The molecule has 2 rings (SSSR count). The number of nitriles is 1. The van der Waals surface area contributed by atoms with Crippen LogP contribution in [0.2, 0.25) is 5.02 Å². The van der Waals surface area contributed by atoms with E-state index >= 15 is 0 Å². The first-order valence-corrected chi connectivity index (χ1v) is 6.01. The van der Waals surface area contributed by atoms with E-state index in [0.29, 0.717) is 18.0 Å². The van der Waals surface area contributed by atoms with E-state index in [1.54, 1.807) is 6.20 Å². The van der Waals surface area contributed by atoms with Crippen molar-refractivity contribution in [3.63, 3.8) is 0 Å². The molecule has 0 unspecified atom stereocenters. The average molecular weight is 249 g/mol. The average Bonchev–Trinajstić information content (AvgIpc) is 2.63. The van der Waals surface area contributed by atoms with Crippen LogP contribution in [0.3, 0.4) is 0 Å². The molecule has 5 heteroatoms. The zero-order valence-electron chi connectivity index (χ0n) is 9.65. The second-order valence-corrected chi connectivity index (χ2v) is 4.27. The fraction of sp³-hybridized carbons (Fsp3) is 0.417. The summed E-state index contributed by atoms with van der Waals surface area (Å²) in [6.07, 6.45) is 3.99. The molecule has 17 heavy (non-hydrogen) atoms. The van der Waals surface area contributed by atoms with Crippen LogP contribution in [0.5, 0.6) is 0 Å². The minimum Gasteiger partial charge on any atom is -0.312 e. The SMILES string of the molecule is CCCc1nc2cc(Cl)cnc2n1CCC#N. The van der Waals surface area contributed by atoms with Crippen molar-refractivity contribution in [1.82, 2.24) is 14.5 Å². The van der Waals surface area contributed by atoms with Crippen molar-refractivity contribution in [2.45, 2.75) is 32.7 Å². The van der Waals surface area contributed by atoms with Gasteiger partial charge in [-0.1, -0.05) is 18.5 Å². The lowest BCUT2D eigenvalue weighted by atomic mass is 10.3. The first-order chi connectivity index (χ1) is 8.26. The maximum absolute atomic E-state index is 8.68. The summed E-state index contributed by atoms with van der Waals surface area (Å²) in [5.41, 5.74) is 1.62. The largest absolute Gasteiger partial charge is 0.312 e. The van der Waals surface area contributed by atoms with Gasteiger partial charge in [0, 0.05) is 19.2 Å². The van der Waals surface area contributed by atoms with Gasteiger partial charge in [0.25, 0.3) is 0 Å². The highest BCUT2D eigenvalue weighted by Gasteiger charge is 2.11. The molecule has 88 valence electrons. The zero-order chi connectivity index (χ0) is 12.3. The molecule has 0 aromatic carbocycles. The second kappa shape index (κ2) is 5.15. The smallest absolute Gasteiger partial charge is 0.160 e. The highest BCUT2D eigenvalue weighted by molar-refractivity contribution is 6.31. The number of rotatable bonds is 4. The minimum atomic E-state index is 0.465. The van der Waals surface area contributed by atoms with E-state index in [1.165, 1.54) is 0 Å². The number of aromatic nitrogens is 3. The van der Waals surface area contributed by atoms with E-state index in [4.69, 9.17) is 16.9 Å². The van der Waals surface area contributed by atoms with Gasteiger partial charge < -0.3 is 4.57 Å². The van der Waals surface area contributed by atoms with Gasteiger partial charge in [-0.15, -0.1) is 0 Å². The molecule has 0 aliphatic rings. The van der Waals surface area contributed by atoms with Gasteiger partial charge >= 0.3 is 0 Å². The van der Waals surface area contributed by atoms with Crippen LogP contribution in [0.1, 0.15) is 25.6 Å². The van der Waals surface area contributed by atoms with Crippen LogP contribution in [0.15, 0.2) is 12.3 Å². The maximum atomic E-state index is 8.68. The van der Waals surface area contributed by atoms with Crippen molar-refractivity contribution < 1.29 is 0 Å². The Hall–Kier alpha value is -1.60. The van der Waals surface area contributed by atoms with Crippen molar-refractivity contribution in [2.24, 2.45) is 0 Å². The normalized spacial score (nSPS) is 10.6. The molecule has 0 bridgehead atoms. The number of hydrogen-bond acceptors (Lipinski definition) is 3. The van der Waals surface area contributed by atoms with Crippen LogP contribution in [0, 0.1) is 11.3 Å². The summed E-state index contributed by atoms with van der Waals surface area (Å²) in [5.74, 6) is 0.979. The van der Waals surface area contributed by atoms with E-state index in [1.807, 2.05) is 10.6 Å². The Labute approximate surface area is 105 Å². The van der Waals surface area contributed by atoms with Crippen LogP contribution in [0.25, 0.3) is 11.2 Å². The number of aryl methyl sites for hydroxylation is 2. The third-order valence-corrected chi connectivity index (χ3v) is 2.76. The highest BCUT2D eigenvalue weighted by Crippen LogP contribution is 2.19. The monoisotopic (exact) mass is 248 g/mol. The Balaban J connectivity index is 2.51. The lowest BCUT2D eigenvalue weighted by molar-refractivity contribution is 0.667. The summed E-state index contributed by atoms with van der Waals surface area (Å²) in [4.78, 5) is 8.82. The molecule has 0 N–H and O–H groups in total.